The van der Waals surface area contributed by atoms with Crippen molar-refractivity contribution < 1.29 is 9.53 Å². The van der Waals surface area contributed by atoms with Crippen molar-refractivity contribution in [3.63, 3.8) is 0 Å². The quantitative estimate of drug-likeness (QED) is 0.878. The molecule has 1 saturated heterocycles. The topological polar surface area (TPSA) is 59.4 Å². The molecule has 2 unspecified atom stereocenters. The number of rotatable bonds is 3. The van der Waals surface area contributed by atoms with Crippen molar-refractivity contribution in [3.05, 3.63) is 11.8 Å². The van der Waals surface area contributed by atoms with Crippen LogP contribution < -0.4 is 5.32 Å². The van der Waals surface area contributed by atoms with Crippen LogP contribution in [0.5, 0.6) is 0 Å². The monoisotopic (exact) mass is 266 g/mol. The van der Waals surface area contributed by atoms with E-state index in [-0.39, 0.29) is 18.1 Å². The third-order valence-corrected chi connectivity index (χ3v) is 3.13. The van der Waals surface area contributed by atoms with Gasteiger partial charge in [0, 0.05) is 26.2 Å². The molecule has 106 valence electrons. The van der Waals surface area contributed by atoms with E-state index < -0.39 is 0 Å². The molecule has 19 heavy (non-hydrogen) atoms. The van der Waals surface area contributed by atoms with Gasteiger partial charge in [-0.2, -0.15) is 5.10 Å². The van der Waals surface area contributed by atoms with Crippen LogP contribution in [0.4, 0.5) is 5.82 Å². The van der Waals surface area contributed by atoms with Crippen molar-refractivity contribution in [2.75, 3.05) is 25.0 Å². The van der Waals surface area contributed by atoms with E-state index in [0.717, 1.165) is 24.6 Å². The van der Waals surface area contributed by atoms with Gasteiger partial charge in [0.2, 0.25) is 5.91 Å². The summed E-state index contributed by atoms with van der Waals surface area (Å²) in [5.74, 6) is 0.723. The summed E-state index contributed by atoms with van der Waals surface area (Å²) in [4.78, 5) is 14.1. The highest BCUT2D eigenvalue weighted by atomic mass is 16.5. The van der Waals surface area contributed by atoms with Crippen LogP contribution in [0.15, 0.2) is 6.07 Å². The van der Waals surface area contributed by atoms with Gasteiger partial charge in [0.05, 0.1) is 24.4 Å². The molecule has 0 spiro atoms. The second-order valence-corrected chi connectivity index (χ2v) is 5.29. The minimum Gasteiger partial charge on any atom is -0.373 e. The summed E-state index contributed by atoms with van der Waals surface area (Å²) in [6.07, 6.45) is 0.353. The molecule has 0 saturated carbocycles. The highest BCUT2D eigenvalue weighted by molar-refractivity contribution is 5.91. The SMILES string of the molecule is Cc1cc(NC(=O)CN2CC(C)OC(C)C2)n(C)n1. The molecular weight excluding hydrogens is 244 g/mol. The molecule has 2 rings (SSSR count). The second-order valence-electron chi connectivity index (χ2n) is 5.29. The number of amides is 1. The molecule has 1 aromatic rings. The minimum absolute atomic E-state index is 0.00991. The van der Waals surface area contributed by atoms with Crippen LogP contribution >= 0.6 is 0 Å². The Morgan fingerprint density at radius 1 is 1.47 bits per heavy atom. The van der Waals surface area contributed by atoms with E-state index in [0.29, 0.717) is 6.54 Å². The molecule has 1 aliphatic heterocycles. The molecule has 1 N–H and O–H groups in total. The van der Waals surface area contributed by atoms with Crippen molar-refractivity contribution in [1.82, 2.24) is 14.7 Å². The first kappa shape index (κ1) is 14.0. The Balaban J connectivity index is 1.89. The van der Waals surface area contributed by atoms with Crippen LogP contribution in [0.1, 0.15) is 19.5 Å². The van der Waals surface area contributed by atoms with Crippen molar-refractivity contribution in [2.45, 2.75) is 33.0 Å². The third-order valence-electron chi connectivity index (χ3n) is 3.13. The molecule has 1 fully saturated rings. The van der Waals surface area contributed by atoms with Gasteiger partial charge in [-0.15, -0.1) is 0 Å². The summed E-state index contributed by atoms with van der Waals surface area (Å²) in [7, 11) is 1.82. The number of hydrogen-bond donors (Lipinski definition) is 1. The number of aryl methyl sites for hydroxylation is 2. The van der Waals surface area contributed by atoms with Crippen LogP contribution in [0.2, 0.25) is 0 Å². The largest absolute Gasteiger partial charge is 0.373 e. The fourth-order valence-corrected chi connectivity index (χ4v) is 2.53. The van der Waals surface area contributed by atoms with Crippen molar-refractivity contribution in [3.8, 4) is 0 Å². The lowest BCUT2D eigenvalue weighted by atomic mass is 10.2. The molecule has 0 aliphatic carbocycles. The van der Waals surface area contributed by atoms with Crippen LogP contribution in [0, 0.1) is 6.92 Å². The highest BCUT2D eigenvalue weighted by Gasteiger charge is 2.23. The Morgan fingerprint density at radius 3 is 2.63 bits per heavy atom. The molecule has 6 heteroatoms. The first-order valence-electron chi connectivity index (χ1n) is 6.62. The van der Waals surface area contributed by atoms with E-state index in [4.69, 9.17) is 4.74 Å². The maximum Gasteiger partial charge on any atom is 0.239 e. The molecule has 0 aromatic carbocycles. The number of ether oxygens (including phenoxy) is 1. The van der Waals surface area contributed by atoms with Gasteiger partial charge in [0.1, 0.15) is 5.82 Å². The molecule has 0 radical (unpaired) electrons. The second kappa shape index (κ2) is 5.71. The van der Waals surface area contributed by atoms with Crippen LogP contribution in [-0.2, 0) is 16.6 Å². The number of nitrogens with one attached hydrogen (secondary N) is 1. The lowest BCUT2D eigenvalue weighted by Crippen LogP contribution is -2.48. The number of hydrogen-bond acceptors (Lipinski definition) is 4. The van der Waals surface area contributed by atoms with Gasteiger partial charge in [-0.25, -0.2) is 0 Å². The number of morpholine rings is 1. The van der Waals surface area contributed by atoms with Crippen LogP contribution in [0.3, 0.4) is 0 Å². The zero-order chi connectivity index (χ0) is 14.0. The highest BCUT2D eigenvalue weighted by Crippen LogP contribution is 2.11. The number of carbonyl (C=O) groups is 1. The number of anilines is 1. The van der Waals surface area contributed by atoms with Gasteiger partial charge in [-0.3, -0.25) is 14.4 Å². The average molecular weight is 266 g/mol. The Bertz CT molecular complexity index is 447. The molecule has 1 aromatic heterocycles. The molecule has 2 atom stereocenters. The summed E-state index contributed by atoms with van der Waals surface area (Å²) in [6, 6.07) is 1.86. The lowest BCUT2D eigenvalue weighted by molar-refractivity contribution is -0.121. The predicted octanol–water partition coefficient (Wildman–Crippen LogP) is 0.776. The molecule has 1 aliphatic rings. The maximum absolute atomic E-state index is 12.0. The Labute approximate surface area is 113 Å². The van der Waals surface area contributed by atoms with Gasteiger partial charge >= 0.3 is 0 Å². The number of aromatic nitrogens is 2. The summed E-state index contributed by atoms with van der Waals surface area (Å²) >= 11 is 0. The van der Waals surface area contributed by atoms with Gasteiger partial charge in [0.25, 0.3) is 0 Å². The molecule has 1 amide bonds. The summed E-state index contributed by atoms with van der Waals surface area (Å²) in [5.41, 5.74) is 0.895. The zero-order valence-electron chi connectivity index (χ0n) is 12.0. The van der Waals surface area contributed by atoms with Crippen LogP contribution in [-0.4, -0.2) is 52.4 Å². The average Bonchev–Trinajstić information content (AvgIpc) is 2.55. The lowest BCUT2D eigenvalue weighted by Gasteiger charge is -2.34. The van der Waals surface area contributed by atoms with Gasteiger partial charge in [0.15, 0.2) is 0 Å². The zero-order valence-corrected chi connectivity index (χ0v) is 12.0. The van der Waals surface area contributed by atoms with E-state index in [9.17, 15) is 4.79 Å². The predicted molar refractivity (Wildman–Crippen MR) is 73.0 cm³/mol. The van der Waals surface area contributed by atoms with Crippen LogP contribution in [0.25, 0.3) is 0 Å². The van der Waals surface area contributed by atoms with E-state index >= 15 is 0 Å². The normalized spacial score (nSPS) is 24.4. The van der Waals surface area contributed by atoms with E-state index in [1.54, 1.807) is 4.68 Å². The summed E-state index contributed by atoms with van der Waals surface area (Å²) in [6.45, 7) is 7.95. The Hall–Kier alpha value is -1.40. The Kier molecular flexibility index (Phi) is 4.21. The summed E-state index contributed by atoms with van der Waals surface area (Å²) in [5, 5.41) is 7.09. The van der Waals surface area contributed by atoms with Crippen molar-refractivity contribution in [1.29, 1.82) is 0 Å². The Morgan fingerprint density at radius 2 is 2.11 bits per heavy atom. The fraction of sp³-hybridized carbons (Fsp3) is 0.692. The minimum atomic E-state index is -0.00991. The molecular formula is C13H22N4O2. The van der Waals surface area contributed by atoms with Gasteiger partial charge in [-0.05, 0) is 20.8 Å². The van der Waals surface area contributed by atoms with E-state index in [1.165, 1.54) is 0 Å². The molecule has 0 bridgehead atoms. The molecule has 2 heterocycles. The van der Waals surface area contributed by atoms with Gasteiger partial charge in [-0.1, -0.05) is 0 Å². The number of carbonyl (C=O) groups excluding carboxylic acids is 1. The van der Waals surface area contributed by atoms with E-state index in [1.807, 2.05) is 33.9 Å². The maximum atomic E-state index is 12.0. The standard InChI is InChI=1S/C13H22N4O2/c1-9-5-12(16(4)15-9)14-13(18)8-17-6-10(2)19-11(3)7-17/h5,10-11H,6-8H2,1-4H3,(H,14,18). The summed E-state index contributed by atoms with van der Waals surface area (Å²) < 4.78 is 7.33. The fourth-order valence-electron chi connectivity index (χ4n) is 2.53. The number of nitrogens with zero attached hydrogens (tertiary/aromatic N) is 3. The smallest absolute Gasteiger partial charge is 0.239 e. The van der Waals surface area contributed by atoms with Crippen molar-refractivity contribution in [2.24, 2.45) is 7.05 Å². The molecule has 6 nitrogen and oxygen atoms in total. The first-order valence-corrected chi connectivity index (χ1v) is 6.62. The third kappa shape index (κ3) is 3.78. The first-order chi connectivity index (χ1) is 8.94. The van der Waals surface area contributed by atoms with E-state index in [2.05, 4.69) is 15.3 Å². The van der Waals surface area contributed by atoms with Crippen molar-refractivity contribution >= 4 is 11.7 Å². The van der Waals surface area contributed by atoms with Gasteiger partial charge < -0.3 is 10.1 Å².